The van der Waals surface area contributed by atoms with Crippen LogP contribution in [0, 0.1) is 6.92 Å². The van der Waals surface area contributed by atoms with Gasteiger partial charge in [0.25, 0.3) is 5.91 Å². The van der Waals surface area contributed by atoms with Crippen molar-refractivity contribution in [3.05, 3.63) is 21.4 Å². The Hall–Kier alpha value is -1.44. The molecule has 2 rings (SSSR count). The monoisotopic (exact) mass is 405 g/mol. The number of piperidine rings is 1. The summed E-state index contributed by atoms with van der Waals surface area (Å²) in [7, 11) is 0. The molecule has 0 aromatic carbocycles. The van der Waals surface area contributed by atoms with Gasteiger partial charge in [-0.3, -0.25) is 4.79 Å². The minimum absolute atomic E-state index is 0.205. The van der Waals surface area contributed by atoms with Crippen molar-refractivity contribution < 1.29 is 19.1 Å². The largest absolute Gasteiger partial charge is 0.450 e. The number of aryl methyl sites for hydroxylation is 1. The molecular weight excluding hydrogens is 381 g/mol. The van der Waals surface area contributed by atoms with E-state index in [0.717, 1.165) is 6.42 Å². The molecule has 2 N–H and O–H groups in total. The maximum atomic E-state index is 12.6. The molecule has 1 fully saturated rings. The van der Waals surface area contributed by atoms with E-state index in [4.69, 9.17) is 32.7 Å². The molecule has 1 saturated heterocycles. The number of aromatic amines is 1. The van der Waals surface area contributed by atoms with Crippen LogP contribution in [0.4, 0.5) is 4.79 Å². The van der Waals surface area contributed by atoms with Gasteiger partial charge in [-0.25, -0.2) is 4.79 Å². The third-order valence-corrected chi connectivity index (χ3v) is 5.17. The molecule has 1 aromatic heterocycles. The Kier molecular flexibility index (Phi) is 7.61. The van der Waals surface area contributed by atoms with Crippen molar-refractivity contribution in [2.45, 2.75) is 45.8 Å². The number of hydrogen-bond donors (Lipinski definition) is 2. The van der Waals surface area contributed by atoms with E-state index < -0.39 is 0 Å². The van der Waals surface area contributed by atoms with E-state index in [1.807, 2.05) is 6.92 Å². The van der Waals surface area contributed by atoms with Crippen LogP contribution in [0.1, 0.15) is 42.9 Å². The quantitative estimate of drug-likeness (QED) is 0.759. The molecule has 2 amide bonds. The van der Waals surface area contributed by atoms with Crippen LogP contribution in [0.5, 0.6) is 0 Å². The highest BCUT2D eigenvalue weighted by Crippen LogP contribution is 2.29. The molecule has 2 atom stereocenters. The number of carbonyl (C=O) groups is 2. The number of likely N-dealkylation sites (tertiary alicyclic amines) is 1. The molecule has 0 aliphatic carbocycles. The summed E-state index contributed by atoms with van der Waals surface area (Å²) < 4.78 is 10.9. The fourth-order valence-electron chi connectivity index (χ4n) is 2.87. The number of carbonyl (C=O) groups excluding carboxylic acids is 2. The maximum Gasteiger partial charge on any atom is 0.409 e. The van der Waals surface area contributed by atoms with E-state index in [1.165, 1.54) is 0 Å². The number of ether oxygens (including phenoxy) is 2. The number of nitrogens with zero attached hydrogens (tertiary/aromatic N) is 1. The van der Waals surface area contributed by atoms with Crippen molar-refractivity contribution in [2.75, 3.05) is 26.3 Å². The van der Waals surface area contributed by atoms with Gasteiger partial charge < -0.3 is 24.7 Å². The summed E-state index contributed by atoms with van der Waals surface area (Å²) in [5.41, 5.74) is 0.869. The number of hydrogen-bond acceptors (Lipinski definition) is 4. The van der Waals surface area contributed by atoms with Crippen molar-refractivity contribution in [3.63, 3.8) is 0 Å². The topological polar surface area (TPSA) is 83.7 Å². The molecule has 7 nitrogen and oxygen atoms in total. The van der Waals surface area contributed by atoms with Crippen molar-refractivity contribution in [2.24, 2.45) is 0 Å². The van der Waals surface area contributed by atoms with Crippen molar-refractivity contribution in [3.8, 4) is 0 Å². The van der Waals surface area contributed by atoms with Crippen LogP contribution in [0.3, 0.4) is 0 Å². The van der Waals surface area contributed by atoms with Gasteiger partial charge in [0.05, 0.1) is 35.3 Å². The predicted molar refractivity (Wildman–Crippen MR) is 100 cm³/mol. The molecule has 0 radical (unpaired) electrons. The number of nitrogens with one attached hydrogen (secondary N) is 2. The number of H-pyrrole nitrogens is 1. The van der Waals surface area contributed by atoms with Crippen LogP contribution >= 0.6 is 23.2 Å². The highest BCUT2D eigenvalue weighted by molar-refractivity contribution is 6.44. The van der Waals surface area contributed by atoms with Gasteiger partial charge in [0.2, 0.25) is 0 Å². The molecule has 2 unspecified atom stereocenters. The van der Waals surface area contributed by atoms with Crippen LogP contribution in [-0.4, -0.2) is 60.3 Å². The zero-order valence-electron chi connectivity index (χ0n) is 15.2. The molecular formula is C17H25Cl2N3O4. The van der Waals surface area contributed by atoms with Crippen LogP contribution in [0.15, 0.2) is 0 Å². The number of rotatable bonds is 6. The number of aromatic nitrogens is 1. The van der Waals surface area contributed by atoms with Gasteiger partial charge in [-0.2, -0.15) is 0 Å². The predicted octanol–water partition coefficient (Wildman–Crippen LogP) is 3.39. The summed E-state index contributed by atoms with van der Waals surface area (Å²) in [5.74, 6) is -0.343. The van der Waals surface area contributed by atoms with E-state index in [0.29, 0.717) is 43.4 Å². The molecule has 1 aliphatic rings. The summed E-state index contributed by atoms with van der Waals surface area (Å²) in [6.07, 6.45) is 0.720. The zero-order valence-corrected chi connectivity index (χ0v) is 16.7. The van der Waals surface area contributed by atoms with Crippen molar-refractivity contribution in [1.82, 2.24) is 15.2 Å². The highest BCUT2D eigenvalue weighted by atomic mass is 35.5. The number of amides is 2. The highest BCUT2D eigenvalue weighted by Gasteiger charge is 2.34. The molecule has 26 heavy (non-hydrogen) atoms. The van der Waals surface area contributed by atoms with Gasteiger partial charge in [-0.05, 0) is 26.7 Å². The van der Waals surface area contributed by atoms with E-state index in [2.05, 4.69) is 10.3 Å². The first kappa shape index (κ1) is 20.9. The first-order valence-electron chi connectivity index (χ1n) is 8.76. The fourth-order valence-corrected chi connectivity index (χ4v) is 3.29. The molecule has 0 bridgehead atoms. The van der Waals surface area contributed by atoms with Gasteiger partial charge in [0.15, 0.2) is 0 Å². The smallest absolute Gasteiger partial charge is 0.409 e. The average molecular weight is 406 g/mol. The Balaban J connectivity index is 2.07. The first-order valence-corrected chi connectivity index (χ1v) is 9.52. The molecule has 9 heteroatoms. The summed E-state index contributed by atoms with van der Waals surface area (Å²) in [6, 6.07) is -0.238. The first-order chi connectivity index (χ1) is 12.4. The van der Waals surface area contributed by atoms with Gasteiger partial charge >= 0.3 is 6.09 Å². The third kappa shape index (κ3) is 4.84. The summed E-state index contributed by atoms with van der Waals surface area (Å²) in [6.45, 7) is 7.22. The minimum atomic E-state index is -0.364. The summed E-state index contributed by atoms with van der Waals surface area (Å²) in [5, 5.41) is 3.50. The van der Waals surface area contributed by atoms with E-state index >= 15 is 0 Å². The van der Waals surface area contributed by atoms with Crippen molar-refractivity contribution >= 4 is 35.2 Å². The van der Waals surface area contributed by atoms with Gasteiger partial charge in [0.1, 0.15) is 5.69 Å². The molecule has 0 saturated carbocycles. The molecule has 1 aromatic rings. The van der Waals surface area contributed by atoms with E-state index in [1.54, 1.807) is 18.7 Å². The van der Waals surface area contributed by atoms with E-state index in [-0.39, 0.29) is 34.9 Å². The fraction of sp³-hybridized carbons (Fsp3) is 0.647. The normalized spacial score (nSPS) is 20.1. The maximum absolute atomic E-state index is 12.6. The standard InChI is InChI=1S/C17H25Cl2N3O4/c1-4-8-26-12-9-22(17(24)25-5-2)7-6-11(12)21-16(23)15-14(19)13(18)10(3)20-15/h11-12,20H,4-9H2,1-3H3,(H,21,23). The minimum Gasteiger partial charge on any atom is -0.450 e. The second-order valence-corrected chi connectivity index (χ2v) is 6.93. The second-order valence-electron chi connectivity index (χ2n) is 6.18. The van der Waals surface area contributed by atoms with Gasteiger partial charge in [-0.1, -0.05) is 30.1 Å². The Labute approximate surface area is 163 Å². The van der Waals surface area contributed by atoms with Gasteiger partial charge in [0, 0.05) is 18.8 Å². The lowest BCUT2D eigenvalue weighted by Gasteiger charge is -2.38. The molecule has 1 aliphatic heterocycles. The average Bonchev–Trinajstić information content (AvgIpc) is 2.88. The molecule has 146 valence electrons. The van der Waals surface area contributed by atoms with Crippen LogP contribution in [0.25, 0.3) is 0 Å². The Morgan fingerprint density at radius 2 is 2.04 bits per heavy atom. The second kappa shape index (κ2) is 9.48. The third-order valence-electron chi connectivity index (χ3n) is 4.22. The van der Waals surface area contributed by atoms with Crippen molar-refractivity contribution in [1.29, 1.82) is 0 Å². The molecule has 2 heterocycles. The summed E-state index contributed by atoms with van der Waals surface area (Å²) in [4.78, 5) is 29.1. The van der Waals surface area contributed by atoms with Crippen LogP contribution in [-0.2, 0) is 9.47 Å². The SMILES string of the molecule is CCCOC1CN(C(=O)OCC)CCC1NC(=O)c1[nH]c(C)c(Cl)c1Cl. The zero-order chi connectivity index (χ0) is 19.3. The Morgan fingerprint density at radius 3 is 2.62 bits per heavy atom. The Bertz CT molecular complexity index is 650. The lowest BCUT2D eigenvalue weighted by atomic mass is 10.0. The van der Waals surface area contributed by atoms with Crippen LogP contribution in [0.2, 0.25) is 10.0 Å². The Morgan fingerprint density at radius 1 is 1.31 bits per heavy atom. The van der Waals surface area contributed by atoms with E-state index in [9.17, 15) is 9.59 Å². The lowest BCUT2D eigenvalue weighted by molar-refractivity contribution is -0.0198. The van der Waals surface area contributed by atoms with Gasteiger partial charge in [-0.15, -0.1) is 0 Å². The molecule has 0 spiro atoms. The lowest BCUT2D eigenvalue weighted by Crippen LogP contribution is -2.56. The van der Waals surface area contributed by atoms with Crippen LogP contribution < -0.4 is 5.32 Å². The number of halogens is 2. The summed E-state index contributed by atoms with van der Waals surface area (Å²) >= 11 is 12.2.